The summed E-state index contributed by atoms with van der Waals surface area (Å²) in [6.07, 6.45) is 3.41. The molecule has 2 amide bonds. The van der Waals surface area contributed by atoms with E-state index in [0.717, 1.165) is 16.2 Å². The molecule has 4 rings (SSSR count). The molecule has 0 bridgehead atoms. The number of rotatable bonds is 9. The maximum atomic E-state index is 13.0. The molecular weight excluding hydrogens is 526 g/mol. The van der Waals surface area contributed by atoms with E-state index in [0.29, 0.717) is 17.0 Å². The first-order valence-electron chi connectivity index (χ1n) is 10.6. The molecule has 194 valence electrons. The highest BCUT2D eigenvalue weighted by atomic mass is 32.2. The molecule has 0 saturated carbocycles. The van der Waals surface area contributed by atoms with E-state index in [1.165, 1.54) is 24.3 Å². The molecule has 6 N–H and O–H groups in total. The highest BCUT2D eigenvalue weighted by molar-refractivity contribution is 8.00. The number of esters is 1. The highest BCUT2D eigenvalue weighted by Crippen LogP contribution is 2.40. The minimum atomic E-state index is -1.25. The van der Waals surface area contributed by atoms with Crippen molar-refractivity contribution in [1.29, 1.82) is 0 Å². The van der Waals surface area contributed by atoms with Crippen LogP contribution in [-0.4, -0.2) is 75.3 Å². The first-order chi connectivity index (χ1) is 17.7. The Morgan fingerprint density at radius 3 is 2.81 bits per heavy atom. The number of methoxy groups -OCH3 is 1. The third kappa shape index (κ3) is 5.49. The van der Waals surface area contributed by atoms with Gasteiger partial charge in [-0.2, -0.15) is 4.57 Å². The standard InChI is InChI=1S/C21H21N7O7S2/c1-34-13(29)7-35-26-14(12-9-37-21(23)24-12)17(30)25-15-18(31)28-16(20(32)33)10(8-36-19(15)28)5-27-4-2-3-11(22)6-27/h2-4,6,9,15,19H,5,7-8,22H2,1H3,(H3-,23,24,25,30,32,33)/p+1/t15?,19-/m1/s1. The normalized spacial score (nSPS) is 19.1. The number of nitrogen functional groups attached to an aromatic ring is 2. The number of amides is 2. The number of nitrogens with one attached hydrogen (secondary N) is 1. The third-order valence-electron chi connectivity index (χ3n) is 5.34. The van der Waals surface area contributed by atoms with Crippen LogP contribution in [-0.2, 0) is 35.3 Å². The Kier molecular flexibility index (Phi) is 7.58. The van der Waals surface area contributed by atoms with E-state index < -0.39 is 41.8 Å². The quantitative estimate of drug-likeness (QED) is 0.0976. The van der Waals surface area contributed by atoms with Gasteiger partial charge in [-0.05, 0) is 6.07 Å². The molecule has 2 aromatic rings. The summed E-state index contributed by atoms with van der Waals surface area (Å²) in [5.74, 6) is -3.05. The monoisotopic (exact) mass is 548 g/mol. The van der Waals surface area contributed by atoms with Crippen LogP contribution >= 0.6 is 23.1 Å². The summed E-state index contributed by atoms with van der Waals surface area (Å²) in [5, 5.41) is 17.1. The Hall–Kier alpha value is -4.18. The fourth-order valence-electron chi connectivity index (χ4n) is 3.68. The molecule has 2 aromatic heterocycles. The molecule has 2 atom stereocenters. The van der Waals surface area contributed by atoms with Crippen molar-refractivity contribution in [3.63, 3.8) is 0 Å². The van der Waals surface area contributed by atoms with Crippen molar-refractivity contribution < 1.29 is 38.4 Å². The van der Waals surface area contributed by atoms with Gasteiger partial charge in [0.1, 0.15) is 22.8 Å². The van der Waals surface area contributed by atoms with Crippen molar-refractivity contribution in [2.45, 2.75) is 18.0 Å². The number of ether oxygens (including phenoxy) is 1. The highest BCUT2D eigenvalue weighted by Gasteiger charge is 2.54. The van der Waals surface area contributed by atoms with Gasteiger partial charge in [-0.1, -0.05) is 5.16 Å². The second-order valence-electron chi connectivity index (χ2n) is 7.79. The Labute approximate surface area is 217 Å². The Morgan fingerprint density at radius 2 is 2.16 bits per heavy atom. The second kappa shape index (κ2) is 10.8. The molecule has 0 aliphatic carbocycles. The van der Waals surface area contributed by atoms with Gasteiger partial charge in [-0.15, -0.1) is 23.1 Å². The van der Waals surface area contributed by atoms with Gasteiger partial charge in [0.25, 0.3) is 11.8 Å². The van der Waals surface area contributed by atoms with Gasteiger partial charge in [0.2, 0.25) is 6.61 Å². The van der Waals surface area contributed by atoms with E-state index in [9.17, 15) is 24.3 Å². The number of carbonyl (C=O) groups excluding carboxylic acids is 3. The minimum Gasteiger partial charge on any atom is -0.477 e. The molecule has 0 radical (unpaired) electrons. The van der Waals surface area contributed by atoms with Crippen molar-refractivity contribution in [1.82, 2.24) is 15.2 Å². The summed E-state index contributed by atoms with van der Waals surface area (Å²) in [6, 6.07) is 2.42. The number of fused-ring (bicyclic) bond motifs is 1. The van der Waals surface area contributed by atoms with Gasteiger partial charge in [0.15, 0.2) is 29.8 Å². The van der Waals surface area contributed by atoms with Gasteiger partial charge in [-0.25, -0.2) is 14.6 Å². The zero-order valence-electron chi connectivity index (χ0n) is 19.3. The molecule has 1 fully saturated rings. The molecule has 16 heteroatoms. The van der Waals surface area contributed by atoms with E-state index in [1.54, 1.807) is 29.1 Å². The number of anilines is 2. The third-order valence-corrected chi connectivity index (χ3v) is 7.35. The SMILES string of the molecule is COC(=O)CON=C(C(=O)NC1C(=O)N2C(C(=O)O)=C(C[n+]3cccc(N)c3)CS[C@H]12)c1csc(N)n1. The fraction of sp³-hybridized carbons (Fsp3) is 0.286. The number of hydrogen-bond donors (Lipinski definition) is 4. The number of aliphatic carboxylic acids is 1. The van der Waals surface area contributed by atoms with Crippen LogP contribution in [0.5, 0.6) is 0 Å². The summed E-state index contributed by atoms with van der Waals surface area (Å²) in [6.45, 7) is -0.324. The van der Waals surface area contributed by atoms with E-state index in [4.69, 9.17) is 16.3 Å². The number of carbonyl (C=O) groups is 4. The minimum absolute atomic E-state index is 0.0809. The summed E-state index contributed by atoms with van der Waals surface area (Å²) in [4.78, 5) is 59.5. The van der Waals surface area contributed by atoms with Crippen molar-refractivity contribution in [2.75, 3.05) is 30.9 Å². The summed E-state index contributed by atoms with van der Waals surface area (Å²) in [5.41, 5.74) is 12.1. The van der Waals surface area contributed by atoms with Crippen LogP contribution in [0.4, 0.5) is 10.8 Å². The maximum Gasteiger partial charge on any atom is 0.352 e. The number of aromatic nitrogens is 2. The maximum absolute atomic E-state index is 13.0. The lowest BCUT2D eigenvalue weighted by molar-refractivity contribution is -0.688. The predicted molar refractivity (Wildman–Crippen MR) is 132 cm³/mol. The number of oxime groups is 1. The molecule has 37 heavy (non-hydrogen) atoms. The Balaban J connectivity index is 1.52. The van der Waals surface area contributed by atoms with Crippen LogP contribution in [0.1, 0.15) is 5.69 Å². The van der Waals surface area contributed by atoms with Gasteiger partial charge in [0.05, 0.1) is 12.8 Å². The van der Waals surface area contributed by atoms with Crippen molar-refractivity contribution in [3.8, 4) is 0 Å². The molecule has 0 spiro atoms. The Morgan fingerprint density at radius 1 is 1.38 bits per heavy atom. The van der Waals surface area contributed by atoms with Crippen LogP contribution in [0.2, 0.25) is 0 Å². The van der Waals surface area contributed by atoms with Crippen LogP contribution < -0.4 is 21.4 Å². The average molecular weight is 549 g/mol. The van der Waals surface area contributed by atoms with E-state index in [2.05, 4.69) is 20.2 Å². The number of carboxylic acid groups (broad SMARTS) is 1. The van der Waals surface area contributed by atoms with E-state index in [-0.39, 0.29) is 28.8 Å². The number of nitrogens with two attached hydrogens (primary N) is 2. The summed E-state index contributed by atoms with van der Waals surface area (Å²) in [7, 11) is 1.17. The van der Waals surface area contributed by atoms with Crippen LogP contribution in [0.25, 0.3) is 0 Å². The van der Waals surface area contributed by atoms with Gasteiger partial charge in [-0.3, -0.25) is 14.5 Å². The molecule has 2 aliphatic rings. The number of thiazole rings is 1. The molecule has 1 saturated heterocycles. The number of nitrogens with zero attached hydrogens (tertiary/aromatic N) is 4. The molecular formula is C21H22N7O7S2+. The lowest BCUT2D eigenvalue weighted by Crippen LogP contribution is -2.71. The topological polar surface area (TPSA) is 203 Å². The van der Waals surface area contributed by atoms with E-state index >= 15 is 0 Å². The molecule has 2 aliphatic heterocycles. The first-order valence-corrected chi connectivity index (χ1v) is 12.6. The molecule has 4 heterocycles. The van der Waals surface area contributed by atoms with Gasteiger partial charge >= 0.3 is 11.9 Å². The molecule has 0 aromatic carbocycles. The first kappa shape index (κ1) is 25.9. The van der Waals surface area contributed by atoms with Gasteiger partial charge in [0, 0.05) is 22.8 Å². The van der Waals surface area contributed by atoms with Crippen molar-refractivity contribution >= 4 is 63.4 Å². The smallest absolute Gasteiger partial charge is 0.352 e. The number of thioether (sulfide) groups is 1. The van der Waals surface area contributed by atoms with Gasteiger partial charge < -0.3 is 31.5 Å². The lowest BCUT2D eigenvalue weighted by atomic mass is 10.0. The zero-order valence-corrected chi connectivity index (χ0v) is 21.0. The average Bonchev–Trinajstić information content (AvgIpc) is 3.30. The number of pyridine rings is 1. The fourth-order valence-corrected chi connectivity index (χ4v) is 5.57. The summed E-state index contributed by atoms with van der Waals surface area (Å²) >= 11 is 2.37. The zero-order chi connectivity index (χ0) is 26.7. The van der Waals surface area contributed by atoms with Crippen LogP contribution in [0.15, 0.2) is 46.3 Å². The summed E-state index contributed by atoms with van der Waals surface area (Å²) < 4.78 is 6.20. The predicted octanol–water partition coefficient (Wildman–Crippen LogP) is -1.07. The van der Waals surface area contributed by atoms with Crippen LogP contribution in [0, 0.1) is 0 Å². The number of carboxylic acids is 1. The largest absolute Gasteiger partial charge is 0.477 e. The van der Waals surface area contributed by atoms with E-state index in [1.807, 2.05) is 0 Å². The molecule has 1 unspecified atom stereocenters. The molecule has 14 nitrogen and oxygen atoms in total. The van der Waals surface area contributed by atoms with Crippen molar-refractivity contribution in [2.24, 2.45) is 5.16 Å². The van der Waals surface area contributed by atoms with Crippen LogP contribution in [0.3, 0.4) is 0 Å². The van der Waals surface area contributed by atoms with Crippen molar-refractivity contribution in [3.05, 3.63) is 46.9 Å². The Bertz CT molecular complexity index is 1330. The second-order valence-corrected chi connectivity index (χ2v) is 9.78. The number of β-lactam (4-membered cyclic amide) rings is 1. The lowest BCUT2D eigenvalue weighted by Gasteiger charge is -2.49. The number of hydrogen-bond acceptors (Lipinski definition) is 12.